The first-order valence-corrected chi connectivity index (χ1v) is 9.58. The SMILES string of the molecule is COc1ccc(S(=O)(=O)NCC2CCCS2)c(CCN)c1. The molecule has 1 aromatic carbocycles. The maximum absolute atomic E-state index is 12.5. The lowest BCUT2D eigenvalue weighted by Gasteiger charge is -2.14. The number of hydrogen-bond donors (Lipinski definition) is 2. The van der Waals surface area contributed by atoms with E-state index in [-0.39, 0.29) is 0 Å². The number of sulfonamides is 1. The highest BCUT2D eigenvalue weighted by Gasteiger charge is 2.22. The van der Waals surface area contributed by atoms with Gasteiger partial charge >= 0.3 is 0 Å². The second-order valence-corrected chi connectivity index (χ2v) is 8.14. The Bertz CT molecular complexity index is 570. The van der Waals surface area contributed by atoms with E-state index in [2.05, 4.69) is 4.72 Å². The van der Waals surface area contributed by atoms with Crippen LogP contribution in [0.2, 0.25) is 0 Å². The van der Waals surface area contributed by atoms with Crippen molar-refractivity contribution >= 4 is 21.8 Å². The fourth-order valence-corrected chi connectivity index (χ4v) is 5.02. The van der Waals surface area contributed by atoms with Crippen molar-refractivity contribution in [3.63, 3.8) is 0 Å². The Labute approximate surface area is 130 Å². The van der Waals surface area contributed by atoms with E-state index in [4.69, 9.17) is 10.5 Å². The van der Waals surface area contributed by atoms with E-state index < -0.39 is 10.0 Å². The lowest BCUT2D eigenvalue weighted by atomic mass is 10.1. The van der Waals surface area contributed by atoms with Crippen LogP contribution in [-0.2, 0) is 16.4 Å². The van der Waals surface area contributed by atoms with Crippen molar-refractivity contribution in [3.05, 3.63) is 23.8 Å². The summed E-state index contributed by atoms with van der Waals surface area (Å²) < 4.78 is 32.8. The summed E-state index contributed by atoms with van der Waals surface area (Å²) >= 11 is 1.83. The van der Waals surface area contributed by atoms with Gasteiger partial charge < -0.3 is 10.5 Å². The highest BCUT2D eigenvalue weighted by molar-refractivity contribution is 8.00. The average Bonchev–Trinajstić information content (AvgIpc) is 2.99. The summed E-state index contributed by atoms with van der Waals surface area (Å²) in [5, 5.41) is 0.385. The minimum absolute atomic E-state index is 0.303. The molecule has 0 radical (unpaired) electrons. The lowest BCUT2D eigenvalue weighted by molar-refractivity contribution is 0.413. The molecule has 1 heterocycles. The summed E-state index contributed by atoms with van der Waals surface area (Å²) in [4.78, 5) is 0.303. The Kier molecular flexibility index (Phi) is 5.92. The zero-order chi connectivity index (χ0) is 15.3. The fourth-order valence-electron chi connectivity index (χ4n) is 2.38. The van der Waals surface area contributed by atoms with Crippen LogP contribution >= 0.6 is 11.8 Å². The van der Waals surface area contributed by atoms with Crippen molar-refractivity contribution in [3.8, 4) is 5.75 Å². The molecule has 0 aromatic heterocycles. The highest BCUT2D eigenvalue weighted by Crippen LogP contribution is 2.26. The van der Waals surface area contributed by atoms with Gasteiger partial charge in [0.1, 0.15) is 5.75 Å². The fraction of sp³-hybridized carbons (Fsp3) is 0.571. The van der Waals surface area contributed by atoms with Crippen molar-refractivity contribution in [2.24, 2.45) is 5.73 Å². The van der Waals surface area contributed by atoms with E-state index in [1.165, 1.54) is 0 Å². The molecule has 0 spiro atoms. The number of nitrogens with two attached hydrogens (primary N) is 1. The Morgan fingerprint density at radius 1 is 1.48 bits per heavy atom. The quantitative estimate of drug-likeness (QED) is 0.789. The first-order valence-electron chi connectivity index (χ1n) is 7.05. The molecule has 1 aliphatic heterocycles. The number of ether oxygens (including phenoxy) is 1. The predicted molar refractivity (Wildman–Crippen MR) is 86.4 cm³/mol. The van der Waals surface area contributed by atoms with Gasteiger partial charge in [0, 0.05) is 11.8 Å². The Balaban J connectivity index is 2.17. The standard InChI is InChI=1S/C14H22N2O3S2/c1-19-12-4-5-14(11(9-12)6-7-15)21(17,18)16-10-13-3-2-8-20-13/h4-5,9,13,16H,2-3,6-8,10,15H2,1H3. The van der Waals surface area contributed by atoms with Crippen LogP contribution in [-0.4, -0.2) is 39.6 Å². The van der Waals surface area contributed by atoms with E-state index >= 15 is 0 Å². The largest absolute Gasteiger partial charge is 0.497 e. The second kappa shape index (κ2) is 7.49. The van der Waals surface area contributed by atoms with Gasteiger partial charge in [-0.3, -0.25) is 0 Å². The van der Waals surface area contributed by atoms with Gasteiger partial charge in [-0.2, -0.15) is 11.8 Å². The summed E-state index contributed by atoms with van der Waals surface area (Å²) in [5.41, 5.74) is 6.28. The van der Waals surface area contributed by atoms with Crippen LogP contribution in [0.5, 0.6) is 5.75 Å². The van der Waals surface area contributed by atoms with Gasteiger partial charge in [-0.15, -0.1) is 0 Å². The molecule has 1 atom stereocenters. The smallest absolute Gasteiger partial charge is 0.240 e. The van der Waals surface area contributed by atoms with E-state index in [1.54, 1.807) is 25.3 Å². The number of hydrogen-bond acceptors (Lipinski definition) is 5. The van der Waals surface area contributed by atoms with E-state index in [1.807, 2.05) is 11.8 Å². The monoisotopic (exact) mass is 330 g/mol. The van der Waals surface area contributed by atoms with Crippen molar-refractivity contribution in [2.45, 2.75) is 29.4 Å². The maximum atomic E-state index is 12.5. The van der Waals surface area contributed by atoms with Crippen molar-refractivity contribution in [2.75, 3.05) is 26.0 Å². The van der Waals surface area contributed by atoms with Crippen LogP contribution in [0.25, 0.3) is 0 Å². The van der Waals surface area contributed by atoms with Crippen molar-refractivity contribution in [1.82, 2.24) is 4.72 Å². The highest BCUT2D eigenvalue weighted by atomic mass is 32.2. The summed E-state index contributed by atoms with van der Waals surface area (Å²) in [6.45, 7) is 0.884. The zero-order valence-corrected chi connectivity index (χ0v) is 13.8. The molecule has 2 rings (SSSR count). The molecule has 1 unspecified atom stereocenters. The van der Waals surface area contributed by atoms with Crippen LogP contribution in [0.4, 0.5) is 0 Å². The van der Waals surface area contributed by atoms with Gasteiger partial charge in [-0.25, -0.2) is 13.1 Å². The first-order chi connectivity index (χ1) is 10.1. The molecule has 7 heteroatoms. The minimum atomic E-state index is -3.50. The molecule has 1 aliphatic rings. The van der Waals surface area contributed by atoms with Gasteiger partial charge in [-0.1, -0.05) is 0 Å². The topological polar surface area (TPSA) is 81.4 Å². The predicted octanol–water partition coefficient (Wildman–Crippen LogP) is 1.37. The lowest BCUT2D eigenvalue weighted by Crippen LogP contribution is -2.30. The van der Waals surface area contributed by atoms with Crippen molar-refractivity contribution < 1.29 is 13.2 Å². The molecular formula is C14H22N2O3S2. The normalized spacial score (nSPS) is 18.9. The van der Waals surface area contributed by atoms with Crippen LogP contribution in [0, 0.1) is 0 Å². The third-order valence-corrected chi connectivity index (χ3v) is 6.42. The number of rotatable bonds is 7. The third-order valence-electron chi connectivity index (χ3n) is 3.50. The molecule has 3 N–H and O–H groups in total. The molecule has 0 saturated carbocycles. The van der Waals surface area contributed by atoms with E-state index in [0.717, 1.165) is 18.6 Å². The number of nitrogens with one attached hydrogen (secondary N) is 1. The van der Waals surface area contributed by atoms with Gasteiger partial charge in [0.15, 0.2) is 0 Å². The molecule has 118 valence electrons. The summed E-state index contributed by atoms with van der Waals surface area (Å²) in [5.74, 6) is 1.76. The summed E-state index contributed by atoms with van der Waals surface area (Å²) in [6.07, 6.45) is 2.75. The third kappa shape index (κ3) is 4.35. The Hall–Kier alpha value is -0.760. The van der Waals surface area contributed by atoms with Crippen LogP contribution in [0.15, 0.2) is 23.1 Å². The molecular weight excluding hydrogens is 308 g/mol. The van der Waals surface area contributed by atoms with Gasteiger partial charge in [0.2, 0.25) is 10.0 Å². The molecule has 1 fully saturated rings. The van der Waals surface area contributed by atoms with Gasteiger partial charge in [0.05, 0.1) is 12.0 Å². The molecule has 0 aliphatic carbocycles. The van der Waals surface area contributed by atoms with Gasteiger partial charge in [0.25, 0.3) is 0 Å². The van der Waals surface area contributed by atoms with Gasteiger partial charge in [-0.05, 0) is 55.3 Å². The van der Waals surface area contributed by atoms with Crippen LogP contribution < -0.4 is 15.2 Å². The molecule has 0 amide bonds. The minimum Gasteiger partial charge on any atom is -0.497 e. The molecule has 1 aromatic rings. The second-order valence-electron chi connectivity index (χ2n) is 5.00. The molecule has 21 heavy (non-hydrogen) atoms. The Morgan fingerprint density at radius 2 is 2.29 bits per heavy atom. The maximum Gasteiger partial charge on any atom is 0.240 e. The van der Waals surface area contributed by atoms with Crippen LogP contribution in [0.1, 0.15) is 18.4 Å². The number of thioether (sulfide) groups is 1. The van der Waals surface area contributed by atoms with Crippen molar-refractivity contribution in [1.29, 1.82) is 0 Å². The average molecular weight is 330 g/mol. The number of methoxy groups -OCH3 is 1. The van der Waals surface area contributed by atoms with E-state index in [0.29, 0.717) is 41.0 Å². The summed E-state index contributed by atoms with van der Waals surface area (Å²) in [7, 11) is -1.94. The molecule has 0 bridgehead atoms. The van der Waals surface area contributed by atoms with E-state index in [9.17, 15) is 8.42 Å². The summed E-state index contributed by atoms with van der Waals surface area (Å²) in [6, 6.07) is 5.00. The Morgan fingerprint density at radius 3 is 2.90 bits per heavy atom. The first kappa shape index (κ1) is 16.6. The molecule has 5 nitrogen and oxygen atoms in total. The van der Waals surface area contributed by atoms with Crippen LogP contribution in [0.3, 0.4) is 0 Å². The molecule has 1 saturated heterocycles. The zero-order valence-electron chi connectivity index (χ0n) is 12.2. The number of benzene rings is 1.